The number of benzene rings is 1. The van der Waals surface area contributed by atoms with E-state index in [1.807, 2.05) is 0 Å². The number of ether oxygens (including phenoxy) is 1. The molecule has 0 spiro atoms. The zero-order valence-corrected chi connectivity index (χ0v) is 8.63. The summed E-state index contributed by atoms with van der Waals surface area (Å²) >= 11 is 0. The van der Waals surface area contributed by atoms with Crippen LogP contribution in [0.5, 0.6) is 5.75 Å². The van der Waals surface area contributed by atoms with Crippen molar-refractivity contribution in [2.75, 3.05) is 7.11 Å². The summed E-state index contributed by atoms with van der Waals surface area (Å²) in [6.07, 6.45) is 1.01. The van der Waals surface area contributed by atoms with Gasteiger partial charge in [0, 0.05) is 0 Å². The van der Waals surface area contributed by atoms with Gasteiger partial charge < -0.3 is 4.74 Å². The fraction of sp³-hybridized carbons (Fsp3) is 0.417. The Morgan fingerprint density at radius 3 is 2.62 bits per heavy atom. The standard InChI is InChI=1S/C12H17O/c1-5-10-6-7-11(9(2)3)8-12(10)13-4/h6-9H,2,5H2,1,3-4H3. The summed E-state index contributed by atoms with van der Waals surface area (Å²) in [5.74, 6) is 1.30. The first-order valence-corrected chi connectivity index (χ1v) is 4.69. The highest BCUT2D eigenvalue weighted by Gasteiger charge is 2.04. The Balaban J connectivity index is 3.05. The molecule has 1 radical (unpaired) electrons. The van der Waals surface area contributed by atoms with E-state index in [0.29, 0.717) is 5.92 Å². The predicted molar refractivity (Wildman–Crippen MR) is 56.1 cm³/mol. The van der Waals surface area contributed by atoms with Crippen LogP contribution in [0.15, 0.2) is 18.2 Å². The van der Waals surface area contributed by atoms with Gasteiger partial charge in [0.25, 0.3) is 0 Å². The van der Waals surface area contributed by atoms with Crippen LogP contribution in [0.2, 0.25) is 0 Å². The fourth-order valence-electron chi connectivity index (χ4n) is 1.36. The minimum atomic E-state index is 0.319. The van der Waals surface area contributed by atoms with Gasteiger partial charge in [-0.15, -0.1) is 0 Å². The Kier molecular flexibility index (Phi) is 3.35. The van der Waals surface area contributed by atoms with Crippen molar-refractivity contribution >= 4 is 0 Å². The van der Waals surface area contributed by atoms with E-state index in [2.05, 4.69) is 39.0 Å². The molecule has 1 rings (SSSR count). The molecule has 1 aromatic rings. The summed E-state index contributed by atoms with van der Waals surface area (Å²) in [4.78, 5) is 0. The maximum atomic E-state index is 5.30. The molecule has 1 atom stereocenters. The van der Waals surface area contributed by atoms with Crippen LogP contribution in [0, 0.1) is 6.92 Å². The summed E-state index contributed by atoms with van der Waals surface area (Å²) in [6.45, 7) is 8.20. The molecule has 0 saturated heterocycles. The molecule has 0 aliphatic carbocycles. The highest BCUT2D eigenvalue weighted by Crippen LogP contribution is 2.24. The van der Waals surface area contributed by atoms with Crippen LogP contribution in [-0.4, -0.2) is 7.11 Å². The molecule has 0 aliphatic rings. The Labute approximate surface area is 80.7 Å². The molecule has 0 saturated carbocycles. The molecule has 0 fully saturated rings. The van der Waals surface area contributed by atoms with Crippen molar-refractivity contribution in [3.05, 3.63) is 36.2 Å². The maximum absolute atomic E-state index is 5.30. The predicted octanol–water partition coefficient (Wildman–Crippen LogP) is 3.20. The zero-order chi connectivity index (χ0) is 9.84. The summed E-state index contributed by atoms with van der Waals surface area (Å²) in [6, 6.07) is 6.32. The molecular weight excluding hydrogens is 160 g/mol. The number of aryl methyl sites for hydroxylation is 1. The molecular formula is C12H17O. The number of rotatable bonds is 3. The summed E-state index contributed by atoms with van der Waals surface area (Å²) in [5.41, 5.74) is 2.49. The number of methoxy groups -OCH3 is 1. The quantitative estimate of drug-likeness (QED) is 0.689. The first kappa shape index (κ1) is 10.1. The molecule has 0 bridgehead atoms. The Morgan fingerprint density at radius 1 is 1.46 bits per heavy atom. The second-order valence-electron chi connectivity index (χ2n) is 3.33. The molecule has 0 aromatic heterocycles. The minimum absolute atomic E-state index is 0.319. The van der Waals surface area contributed by atoms with Crippen LogP contribution in [0.25, 0.3) is 0 Å². The molecule has 1 unspecified atom stereocenters. The minimum Gasteiger partial charge on any atom is -0.496 e. The first-order valence-electron chi connectivity index (χ1n) is 4.69. The lowest BCUT2D eigenvalue weighted by Gasteiger charge is -2.11. The Bertz CT molecular complexity index is 276. The SMILES string of the molecule is [CH2]C(C)c1ccc(CC)c(OC)c1. The van der Waals surface area contributed by atoms with E-state index >= 15 is 0 Å². The second kappa shape index (κ2) is 4.31. The third-order valence-electron chi connectivity index (χ3n) is 2.26. The van der Waals surface area contributed by atoms with Crippen LogP contribution in [-0.2, 0) is 6.42 Å². The fourth-order valence-corrected chi connectivity index (χ4v) is 1.36. The topological polar surface area (TPSA) is 9.23 Å². The van der Waals surface area contributed by atoms with E-state index < -0.39 is 0 Å². The van der Waals surface area contributed by atoms with E-state index in [4.69, 9.17) is 4.74 Å². The van der Waals surface area contributed by atoms with Gasteiger partial charge in [0.1, 0.15) is 5.75 Å². The first-order chi connectivity index (χ1) is 6.19. The zero-order valence-electron chi connectivity index (χ0n) is 8.63. The van der Waals surface area contributed by atoms with Gasteiger partial charge >= 0.3 is 0 Å². The third kappa shape index (κ3) is 2.24. The van der Waals surface area contributed by atoms with Crippen molar-refractivity contribution in [2.45, 2.75) is 26.2 Å². The molecule has 0 heterocycles. The van der Waals surface area contributed by atoms with Gasteiger partial charge in [0.15, 0.2) is 0 Å². The molecule has 71 valence electrons. The van der Waals surface area contributed by atoms with Crippen LogP contribution < -0.4 is 4.74 Å². The smallest absolute Gasteiger partial charge is 0.122 e. The van der Waals surface area contributed by atoms with E-state index in [9.17, 15) is 0 Å². The van der Waals surface area contributed by atoms with Crippen molar-refractivity contribution in [2.24, 2.45) is 0 Å². The van der Waals surface area contributed by atoms with E-state index in [1.165, 1.54) is 11.1 Å². The van der Waals surface area contributed by atoms with Crippen LogP contribution in [0.4, 0.5) is 0 Å². The third-order valence-corrected chi connectivity index (χ3v) is 2.26. The van der Waals surface area contributed by atoms with Crippen LogP contribution >= 0.6 is 0 Å². The molecule has 1 heteroatoms. The molecule has 0 N–H and O–H groups in total. The van der Waals surface area contributed by atoms with Crippen molar-refractivity contribution in [1.29, 1.82) is 0 Å². The van der Waals surface area contributed by atoms with Crippen molar-refractivity contribution < 1.29 is 4.74 Å². The van der Waals surface area contributed by atoms with E-state index in [-0.39, 0.29) is 0 Å². The highest BCUT2D eigenvalue weighted by molar-refractivity contribution is 5.39. The molecule has 1 aromatic carbocycles. The van der Waals surface area contributed by atoms with Crippen molar-refractivity contribution in [3.63, 3.8) is 0 Å². The number of hydrogen-bond acceptors (Lipinski definition) is 1. The van der Waals surface area contributed by atoms with Gasteiger partial charge in [-0.3, -0.25) is 0 Å². The van der Waals surface area contributed by atoms with Crippen molar-refractivity contribution in [1.82, 2.24) is 0 Å². The molecule has 0 aliphatic heterocycles. The van der Waals surface area contributed by atoms with Crippen molar-refractivity contribution in [3.8, 4) is 5.75 Å². The normalized spacial score (nSPS) is 10.5. The van der Waals surface area contributed by atoms with Gasteiger partial charge in [-0.1, -0.05) is 26.0 Å². The van der Waals surface area contributed by atoms with Gasteiger partial charge in [-0.25, -0.2) is 0 Å². The van der Waals surface area contributed by atoms with E-state index in [1.54, 1.807) is 7.11 Å². The molecule has 0 amide bonds. The average molecular weight is 177 g/mol. The average Bonchev–Trinajstić information content (AvgIpc) is 2.16. The van der Waals surface area contributed by atoms with Gasteiger partial charge in [-0.05, 0) is 36.5 Å². The summed E-state index contributed by atoms with van der Waals surface area (Å²) < 4.78 is 5.30. The highest BCUT2D eigenvalue weighted by atomic mass is 16.5. The van der Waals surface area contributed by atoms with Gasteiger partial charge in [0.05, 0.1) is 7.11 Å². The summed E-state index contributed by atoms with van der Waals surface area (Å²) in [7, 11) is 1.71. The molecule has 13 heavy (non-hydrogen) atoms. The maximum Gasteiger partial charge on any atom is 0.122 e. The largest absolute Gasteiger partial charge is 0.496 e. The van der Waals surface area contributed by atoms with Gasteiger partial charge in [-0.2, -0.15) is 0 Å². The second-order valence-corrected chi connectivity index (χ2v) is 3.33. The number of hydrogen-bond donors (Lipinski definition) is 0. The molecule has 1 nitrogen and oxygen atoms in total. The Morgan fingerprint density at radius 2 is 2.15 bits per heavy atom. The van der Waals surface area contributed by atoms with Gasteiger partial charge in [0.2, 0.25) is 0 Å². The monoisotopic (exact) mass is 177 g/mol. The lowest BCUT2D eigenvalue weighted by Crippen LogP contribution is -1.94. The van der Waals surface area contributed by atoms with E-state index in [0.717, 1.165) is 12.2 Å². The Hall–Kier alpha value is -0.980. The lowest BCUT2D eigenvalue weighted by molar-refractivity contribution is 0.409. The van der Waals surface area contributed by atoms with Crippen LogP contribution in [0.3, 0.4) is 0 Å². The summed E-state index contributed by atoms with van der Waals surface area (Å²) in [5, 5.41) is 0. The van der Waals surface area contributed by atoms with Crippen LogP contribution in [0.1, 0.15) is 30.9 Å². The lowest BCUT2D eigenvalue weighted by atomic mass is 10.0.